The maximum atomic E-state index is 5.86. The molecule has 2 aromatic carbocycles. The Morgan fingerprint density at radius 1 is 0.727 bits per heavy atom. The summed E-state index contributed by atoms with van der Waals surface area (Å²) < 4.78 is 5.86. The summed E-state index contributed by atoms with van der Waals surface area (Å²) in [6.45, 7) is 6.76. The number of hydrogen-bond acceptors (Lipinski definition) is 2. The smallest absolute Gasteiger partial charge is 0.127 e. The molecule has 0 atom stereocenters. The molecule has 0 aromatic heterocycles. The van der Waals surface area contributed by atoms with Gasteiger partial charge in [-0.15, -0.1) is 0 Å². The number of para-hydroxylation sites is 1. The van der Waals surface area contributed by atoms with Gasteiger partial charge in [-0.05, 0) is 49.2 Å². The molecule has 0 saturated heterocycles. The molecule has 0 aliphatic heterocycles. The van der Waals surface area contributed by atoms with Crippen LogP contribution in [0.15, 0.2) is 54.6 Å². The van der Waals surface area contributed by atoms with Crippen LogP contribution in [0.2, 0.25) is 0 Å². The van der Waals surface area contributed by atoms with Crippen molar-refractivity contribution in [3.63, 3.8) is 0 Å². The molecule has 0 bridgehead atoms. The highest BCUT2D eigenvalue weighted by Gasteiger charge is 2.06. The second kappa shape index (κ2) is 9.14. The van der Waals surface area contributed by atoms with E-state index in [1.807, 2.05) is 30.3 Å². The molecule has 0 heterocycles. The first-order valence-corrected chi connectivity index (χ1v) is 8.41. The Hall–Kier alpha value is -1.96. The van der Waals surface area contributed by atoms with Gasteiger partial charge in [0, 0.05) is 18.8 Å². The molecule has 118 valence electrons. The summed E-state index contributed by atoms with van der Waals surface area (Å²) in [6, 6.07) is 18.4. The summed E-state index contributed by atoms with van der Waals surface area (Å²) in [5.74, 6) is 1.77. The average Bonchev–Trinajstić information content (AvgIpc) is 2.57. The van der Waals surface area contributed by atoms with Gasteiger partial charge >= 0.3 is 0 Å². The molecule has 2 nitrogen and oxygen atoms in total. The van der Waals surface area contributed by atoms with Gasteiger partial charge < -0.3 is 9.64 Å². The van der Waals surface area contributed by atoms with E-state index in [4.69, 9.17) is 4.74 Å². The molecule has 0 aliphatic carbocycles. The molecule has 22 heavy (non-hydrogen) atoms. The van der Waals surface area contributed by atoms with Crippen LogP contribution in [0.25, 0.3) is 0 Å². The van der Waals surface area contributed by atoms with Crippen molar-refractivity contribution in [3.05, 3.63) is 54.6 Å². The van der Waals surface area contributed by atoms with Crippen molar-refractivity contribution in [3.8, 4) is 11.5 Å². The van der Waals surface area contributed by atoms with Gasteiger partial charge in [0.15, 0.2) is 0 Å². The second-order valence-corrected chi connectivity index (χ2v) is 5.60. The van der Waals surface area contributed by atoms with E-state index in [-0.39, 0.29) is 0 Å². The largest absolute Gasteiger partial charge is 0.457 e. The lowest BCUT2D eigenvalue weighted by Crippen LogP contribution is -2.25. The standard InChI is InChI=1S/C20H27NO/c1-3-5-16-21(17-6-4-2)18-12-14-20(15-13-18)22-19-10-8-7-9-11-19/h7-15H,3-6,16-17H2,1-2H3. The fourth-order valence-electron chi connectivity index (χ4n) is 2.42. The van der Waals surface area contributed by atoms with Crippen molar-refractivity contribution in [2.75, 3.05) is 18.0 Å². The third-order valence-corrected chi connectivity index (χ3v) is 3.74. The van der Waals surface area contributed by atoms with Crippen molar-refractivity contribution < 1.29 is 4.74 Å². The summed E-state index contributed by atoms with van der Waals surface area (Å²) in [4.78, 5) is 2.49. The zero-order valence-electron chi connectivity index (χ0n) is 13.8. The van der Waals surface area contributed by atoms with Gasteiger partial charge in [0.25, 0.3) is 0 Å². The third-order valence-electron chi connectivity index (χ3n) is 3.74. The maximum absolute atomic E-state index is 5.86. The topological polar surface area (TPSA) is 12.5 Å². The average molecular weight is 297 g/mol. The Balaban J connectivity index is 2.01. The predicted octanol–water partition coefficient (Wildman–Crippen LogP) is 5.89. The molecule has 0 fully saturated rings. The normalized spacial score (nSPS) is 10.5. The minimum absolute atomic E-state index is 0.879. The minimum Gasteiger partial charge on any atom is -0.457 e. The molecule has 0 amide bonds. The monoisotopic (exact) mass is 297 g/mol. The summed E-state index contributed by atoms with van der Waals surface area (Å²) >= 11 is 0. The van der Waals surface area contributed by atoms with E-state index in [1.54, 1.807) is 0 Å². The molecule has 0 radical (unpaired) electrons. The van der Waals surface area contributed by atoms with Crippen LogP contribution in [0.5, 0.6) is 11.5 Å². The molecule has 2 heteroatoms. The molecule has 0 aliphatic rings. The Morgan fingerprint density at radius 2 is 1.27 bits per heavy atom. The molecule has 0 saturated carbocycles. The Bertz CT molecular complexity index is 513. The van der Waals surface area contributed by atoms with Crippen molar-refractivity contribution >= 4 is 5.69 Å². The molecule has 0 N–H and O–H groups in total. The molecular weight excluding hydrogens is 270 g/mol. The highest BCUT2D eigenvalue weighted by molar-refractivity contribution is 5.49. The summed E-state index contributed by atoms with van der Waals surface area (Å²) in [5.41, 5.74) is 1.29. The molecular formula is C20H27NO. The zero-order chi connectivity index (χ0) is 15.6. The highest BCUT2D eigenvalue weighted by Crippen LogP contribution is 2.24. The van der Waals surface area contributed by atoms with Crippen LogP contribution >= 0.6 is 0 Å². The zero-order valence-corrected chi connectivity index (χ0v) is 13.8. The van der Waals surface area contributed by atoms with E-state index < -0.39 is 0 Å². The number of unbranched alkanes of at least 4 members (excludes halogenated alkanes) is 2. The highest BCUT2D eigenvalue weighted by atomic mass is 16.5. The summed E-state index contributed by atoms with van der Waals surface area (Å²) in [7, 11) is 0. The minimum atomic E-state index is 0.879. The number of rotatable bonds is 9. The number of hydrogen-bond donors (Lipinski definition) is 0. The van der Waals surface area contributed by atoms with Gasteiger partial charge in [0.1, 0.15) is 11.5 Å². The van der Waals surface area contributed by atoms with Crippen LogP contribution < -0.4 is 9.64 Å². The van der Waals surface area contributed by atoms with Crippen LogP contribution in [0.1, 0.15) is 39.5 Å². The third kappa shape index (κ3) is 5.10. The number of nitrogens with zero attached hydrogens (tertiary/aromatic N) is 1. The fraction of sp³-hybridized carbons (Fsp3) is 0.400. The van der Waals surface area contributed by atoms with Crippen molar-refractivity contribution in [2.24, 2.45) is 0 Å². The number of ether oxygens (including phenoxy) is 1. The molecule has 0 spiro atoms. The number of benzene rings is 2. The molecule has 2 aromatic rings. The van der Waals surface area contributed by atoms with Crippen molar-refractivity contribution in [1.29, 1.82) is 0 Å². The van der Waals surface area contributed by atoms with E-state index >= 15 is 0 Å². The van der Waals surface area contributed by atoms with Gasteiger partial charge in [-0.25, -0.2) is 0 Å². The van der Waals surface area contributed by atoms with Gasteiger partial charge in [0.05, 0.1) is 0 Å². The quantitative estimate of drug-likeness (QED) is 0.572. The van der Waals surface area contributed by atoms with Gasteiger partial charge in [0.2, 0.25) is 0 Å². The molecule has 2 rings (SSSR count). The lowest BCUT2D eigenvalue weighted by molar-refractivity contribution is 0.482. The molecule has 0 unspecified atom stereocenters. The lowest BCUT2D eigenvalue weighted by atomic mass is 10.2. The number of anilines is 1. The van der Waals surface area contributed by atoms with Crippen LogP contribution in [0, 0.1) is 0 Å². The SMILES string of the molecule is CCCCN(CCCC)c1ccc(Oc2ccccc2)cc1. The maximum Gasteiger partial charge on any atom is 0.127 e. The Morgan fingerprint density at radius 3 is 1.82 bits per heavy atom. The first-order valence-electron chi connectivity index (χ1n) is 8.41. The first kappa shape index (κ1) is 16.4. The fourth-order valence-corrected chi connectivity index (χ4v) is 2.42. The Kier molecular flexibility index (Phi) is 6.82. The summed E-state index contributed by atoms with van der Waals surface area (Å²) in [5, 5.41) is 0. The Labute approximate surface area is 134 Å². The van der Waals surface area contributed by atoms with Crippen LogP contribution in [0.3, 0.4) is 0 Å². The van der Waals surface area contributed by atoms with Crippen LogP contribution in [0.4, 0.5) is 5.69 Å². The van der Waals surface area contributed by atoms with Crippen molar-refractivity contribution in [1.82, 2.24) is 0 Å². The van der Waals surface area contributed by atoms with E-state index in [0.717, 1.165) is 24.6 Å². The van der Waals surface area contributed by atoms with E-state index in [0.29, 0.717) is 0 Å². The van der Waals surface area contributed by atoms with Crippen molar-refractivity contribution in [2.45, 2.75) is 39.5 Å². The van der Waals surface area contributed by atoms with Gasteiger partial charge in [-0.2, -0.15) is 0 Å². The van der Waals surface area contributed by atoms with Gasteiger partial charge in [-0.3, -0.25) is 0 Å². The first-order chi connectivity index (χ1) is 10.8. The van der Waals surface area contributed by atoms with E-state index in [1.165, 1.54) is 31.4 Å². The summed E-state index contributed by atoms with van der Waals surface area (Å²) in [6.07, 6.45) is 4.95. The van der Waals surface area contributed by atoms with Crippen LogP contribution in [-0.2, 0) is 0 Å². The van der Waals surface area contributed by atoms with Crippen LogP contribution in [-0.4, -0.2) is 13.1 Å². The van der Waals surface area contributed by atoms with Gasteiger partial charge in [-0.1, -0.05) is 44.9 Å². The lowest BCUT2D eigenvalue weighted by Gasteiger charge is -2.24. The second-order valence-electron chi connectivity index (χ2n) is 5.60. The van der Waals surface area contributed by atoms with E-state index in [9.17, 15) is 0 Å². The predicted molar refractivity (Wildman–Crippen MR) is 95.0 cm³/mol. The van der Waals surface area contributed by atoms with E-state index in [2.05, 4.69) is 43.0 Å².